The quantitative estimate of drug-likeness (QED) is 0.163. The zero-order chi connectivity index (χ0) is 25.5. The minimum absolute atomic E-state index is 0.124. The number of nitro benzene ring substituents is 1. The number of para-hydroxylation sites is 1. The number of methoxy groups -OCH3 is 1. The van der Waals surface area contributed by atoms with Gasteiger partial charge in [-0.15, -0.1) is 0 Å². The van der Waals surface area contributed by atoms with Crippen molar-refractivity contribution in [2.24, 2.45) is 0 Å². The van der Waals surface area contributed by atoms with Gasteiger partial charge in [-0.2, -0.15) is 5.26 Å². The molecule has 3 aromatic rings. The van der Waals surface area contributed by atoms with Crippen LogP contribution in [-0.4, -0.2) is 17.9 Å². The van der Waals surface area contributed by atoms with Crippen LogP contribution in [0.1, 0.15) is 16.7 Å². The third-order valence-corrected chi connectivity index (χ3v) is 5.68. The second-order valence-electron chi connectivity index (χ2n) is 7.30. The Morgan fingerprint density at radius 3 is 2.60 bits per heavy atom. The summed E-state index contributed by atoms with van der Waals surface area (Å²) in [6, 6.07) is 16.1. The van der Waals surface area contributed by atoms with Crippen molar-refractivity contribution >= 4 is 46.6 Å². The lowest BCUT2D eigenvalue weighted by Crippen LogP contribution is -2.14. The second-order valence-corrected chi connectivity index (χ2v) is 8.11. The molecule has 0 aliphatic carbocycles. The summed E-state index contributed by atoms with van der Waals surface area (Å²) in [4.78, 5) is 23.3. The Morgan fingerprint density at radius 1 is 1.17 bits per heavy atom. The molecule has 0 radical (unpaired) electrons. The molecule has 8 nitrogen and oxygen atoms in total. The van der Waals surface area contributed by atoms with Crippen LogP contribution in [0.2, 0.25) is 10.0 Å². The van der Waals surface area contributed by atoms with Crippen LogP contribution in [0.25, 0.3) is 6.08 Å². The highest BCUT2D eigenvalue weighted by Gasteiger charge is 2.17. The summed E-state index contributed by atoms with van der Waals surface area (Å²) in [7, 11) is 1.47. The first-order chi connectivity index (χ1) is 16.7. The van der Waals surface area contributed by atoms with Gasteiger partial charge in [-0.25, -0.2) is 0 Å². The van der Waals surface area contributed by atoms with Crippen LogP contribution in [0.4, 0.5) is 11.4 Å². The smallest absolute Gasteiger partial charge is 0.271 e. The number of nitrogens with one attached hydrogen (secondary N) is 1. The van der Waals surface area contributed by atoms with E-state index < -0.39 is 10.8 Å². The van der Waals surface area contributed by atoms with E-state index in [0.717, 1.165) is 5.56 Å². The zero-order valence-corrected chi connectivity index (χ0v) is 20.2. The molecule has 3 aromatic carbocycles. The van der Waals surface area contributed by atoms with Crippen molar-refractivity contribution in [3.8, 4) is 17.6 Å². The molecule has 0 saturated carbocycles. The van der Waals surface area contributed by atoms with Gasteiger partial charge in [-0.1, -0.05) is 47.5 Å². The monoisotopic (exact) mass is 511 g/mol. The summed E-state index contributed by atoms with van der Waals surface area (Å²) in [5.41, 5.74) is 1.59. The number of amides is 1. The number of rotatable bonds is 8. The van der Waals surface area contributed by atoms with Gasteiger partial charge in [0.05, 0.1) is 27.8 Å². The Morgan fingerprint density at radius 2 is 1.94 bits per heavy atom. The molecule has 0 saturated heterocycles. The average Bonchev–Trinajstić information content (AvgIpc) is 2.84. The summed E-state index contributed by atoms with van der Waals surface area (Å²) in [5, 5.41) is 24.1. The van der Waals surface area contributed by atoms with Gasteiger partial charge >= 0.3 is 0 Å². The fourth-order valence-corrected chi connectivity index (χ4v) is 3.42. The van der Waals surface area contributed by atoms with E-state index in [1.165, 1.54) is 31.4 Å². The van der Waals surface area contributed by atoms with Gasteiger partial charge in [0.25, 0.3) is 11.6 Å². The number of ether oxygens (including phenoxy) is 2. The Balaban J connectivity index is 1.91. The Kier molecular flexibility index (Phi) is 8.31. The third kappa shape index (κ3) is 6.29. The molecule has 1 N–H and O–H groups in total. The number of nitro groups is 1. The molecule has 0 fully saturated rings. The number of nitrogens with zero attached hydrogens (tertiary/aromatic N) is 2. The number of nitriles is 1. The van der Waals surface area contributed by atoms with E-state index in [1.807, 2.05) is 6.07 Å². The number of benzene rings is 3. The number of non-ortho nitro benzene ring substituents is 1. The maximum Gasteiger partial charge on any atom is 0.271 e. The molecular formula is C25H19Cl2N3O5. The molecule has 0 aromatic heterocycles. The number of carbonyl (C=O) groups is 1. The normalized spacial score (nSPS) is 10.9. The minimum atomic E-state index is -0.727. The molecule has 0 aliphatic heterocycles. The number of carbonyl (C=O) groups excluding carboxylic acids is 1. The van der Waals surface area contributed by atoms with Crippen LogP contribution in [0, 0.1) is 28.4 Å². The lowest BCUT2D eigenvalue weighted by molar-refractivity contribution is -0.384. The first-order valence-electron chi connectivity index (χ1n) is 10.2. The van der Waals surface area contributed by atoms with E-state index in [-0.39, 0.29) is 23.6 Å². The first kappa shape index (κ1) is 25.6. The lowest BCUT2D eigenvalue weighted by Gasteiger charge is -2.14. The van der Waals surface area contributed by atoms with E-state index in [2.05, 4.69) is 5.32 Å². The fraction of sp³-hybridized carbons (Fsp3) is 0.120. The molecule has 0 unspecified atom stereocenters. The van der Waals surface area contributed by atoms with E-state index in [1.54, 1.807) is 43.3 Å². The highest BCUT2D eigenvalue weighted by Crippen LogP contribution is 2.34. The van der Waals surface area contributed by atoms with E-state index in [0.29, 0.717) is 32.7 Å². The molecule has 0 aliphatic rings. The van der Waals surface area contributed by atoms with Gasteiger partial charge in [0.2, 0.25) is 0 Å². The van der Waals surface area contributed by atoms with Crippen molar-refractivity contribution in [1.29, 1.82) is 5.26 Å². The Hall–Kier alpha value is -4.06. The maximum atomic E-state index is 12.8. The standard InChI is InChI=1S/C25H19Cl2N3O5/c1-15-6-8-19(30(32)33)12-22(15)29-25(31)18(13-28)11-17-4-3-5-23(34-2)24(17)35-14-16-7-9-20(26)21(27)10-16/h3-12H,14H2,1-2H3,(H,29,31)/b18-11+. The molecule has 1 amide bonds. The van der Waals surface area contributed by atoms with Crippen molar-refractivity contribution in [3.05, 3.63) is 97.0 Å². The van der Waals surface area contributed by atoms with Crippen LogP contribution in [-0.2, 0) is 11.4 Å². The Labute approximate surface area is 211 Å². The van der Waals surface area contributed by atoms with Crippen LogP contribution in [0.3, 0.4) is 0 Å². The van der Waals surface area contributed by atoms with Crippen molar-refractivity contribution in [2.45, 2.75) is 13.5 Å². The van der Waals surface area contributed by atoms with Gasteiger partial charge in [0.1, 0.15) is 18.2 Å². The molecular weight excluding hydrogens is 493 g/mol. The maximum absolute atomic E-state index is 12.8. The topological polar surface area (TPSA) is 114 Å². The first-order valence-corrected chi connectivity index (χ1v) is 10.9. The third-order valence-electron chi connectivity index (χ3n) is 4.94. The highest BCUT2D eigenvalue weighted by atomic mass is 35.5. The molecule has 0 spiro atoms. The van der Waals surface area contributed by atoms with Gasteiger partial charge in [0.15, 0.2) is 11.5 Å². The van der Waals surface area contributed by atoms with Crippen LogP contribution >= 0.6 is 23.2 Å². The highest BCUT2D eigenvalue weighted by molar-refractivity contribution is 6.42. The van der Waals surface area contributed by atoms with Crippen LogP contribution in [0.5, 0.6) is 11.5 Å². The van der Waals surface area contributed by atoms with Gasteiger partial charge in [-0.3, -0.25) is 14.9 Å². The van der Waals surface area contributed by atoms with Crippen LogP contribution in [0.15, 0.2) is 60.2 Å². The van der Waals surface area contributed by atoms with E-state index in [9.17, 15) is 20.2 Å². The summed E-state index contributed by atoms with van der Waals surface area (Å²) in [6.07, 6.45) is 1.36. The zero-order valence-electron chi connectivity index (χ0n) is 18.7. The SMILES string of the molecule is COc1cccc(/C=C(\C#N)C(=O)Nc2cc([N+](=O)[O-])ccc2C)c1OCc1ccc(Cl)c(Cl)c1. The molecule has 0 atom stereocenters. The van der Waals surface area contributed by atoms with Crippen molar-refractivity contribution in [2.75, 3.05) is 12.4 Å². The predicted octanol–water partition coefficient (Wildman–Crippen LogP) is 6.34. The fourth-order valence-electron chi connectivity index (χ4n) is 3.10. The average molecular weight is 512 g/mol. The minimum Gasteiger partial charge on any atom is -0.493 e. The second kappa shape index (κ2) is 11.4. The largest absolute Gasteiger partial charge is 0.493 e. The van der Waals surface area contributed by atoms with Crippen molar-refractivity contribution in [1.82, 2.24) is 0 Å². The van der Waals surface area contributed by atoms with Crippen molar-refractivity contribution < 1.29 is 19.2 Å². The molecule has 3 rings (SSSR count). The van der Waals surface area contributed by atoms with E-state index >= 15 is 0 Å². The number of hydrogen-bond acceptors (Lipinski definition) is 6. The van der Waals surface area contributed by atoms with Crippen LogP contribution < -0.4 is 14.8 Å². The number of anilines is 1. The Bertz CT molecular complexity index is 1370. The molecule has 178 valence electrons. The van der Waals surface area contributed by atoms with Crippen molar-refractivity contribution in [3.63, 3.8) is 0 Å². The summed E-state index contributed by atoms with van der Waals surface area (Å²) in [6.45, 7) is 1.81. The summed E-state index contributed by atoms with van der Waals surface area (Å²) >= 11 is 12.0. The molecule has 35 heavy (non-hydrogen) atoms. The number of halogens is 2. The molecule has 10 heteroatoms. The summed E-state index contributed by atoms with van der Waals surface area (Å²) in [5.74, 6) is -0.0199. The molecule has 0 bridgehead atoms. The number of aryl methyl sites for hydroxylation is 1. The molecule has 0 heterocycles. The summed E-state index contributed by atoms with van der Waals surface area (Å²) < 4.78 is 11.3. The lowest BCUT2D eigenvalue weighted by atomic mass is 10.1. The van der Waals surface area contributed by atoms with Gasteiger partial charge < -0.3 is 14.8 Å². The van der Waals surface area contributed by atoms with E-state index in [4.69, 9.17) is 32.7 Å². The predicted molar refractivity (Wildman–Crippen MR) is 134 cm³/mol. The van der Waals surface area contributed by atoms with Gasteiger partial charge in [-0.05, 0) is 42.3 Å². The number of hydrogen-bond donors (Lipinski definition) is 1. The van der Waals surface area contributed by atoms with Gasteiger partial charge in [0, 0.05) is 17.7 Å².